The summed E-state index contributed by atoms with van der Waals surface area (Å²) in [6, 6.07) is 8.29. The number of aliphatic hydroxyl groups is 1. The predicted molar refractivity (Wildman–Crippen MR) is 75.2 cm³/mol. The van der Waals surface area contributed by atoms with Gasteiger partial charge in [0, 0.05) is 17.8 Å². The van der Waals surface area contributed by atoms with Gasteiger partial charge in [-0.25, -0.2) is 0 Å². The van der Waals surface area contributed by atoms with Crippen LogP contribution in [0, 0.1) is 6.92 Å². The molecule has 1 aromatic carbocycles. The molecule has 0 saturated heterocycles. The maximum Gasteiger partial charge on any atom is 0.0867 e. The molecule has 0 aliphatic carbocycles. The molecule has 0 bridgehead atoms. The van der Waals surface area contributed by atoms with Crippen LogP contribution in [-0.4, -0.2) is 43.4 Å². The summed E-state index contributed by atoms with van der Waals surface area (Å²) in [5, 5.41) is 9.80. The lowest BCUT2D eigenvalue weighted by Crippen LogP contribution is -2.24. The number of methoxy groups -OCH3 is 1. The highest BCUT2D eigenvalue weighted by molar-refractivity contribution is 7.99. The van der Waals surface area contributed by atoms with Crippen molar-refractivity contribution in [1.29, 1.82) is 0 Å². The summed E-state index contributed by atoms with van der Waals surface area (Å²) in [4.78, 5) is 1.17. The van der Waals surface area contributed by atoms with E-state index in [2.05, 4.69) is 31.2 Å². The second kappa shape index (κ2) is 8.53. The molecule has 1 N–H and O–H groups in total. The van der Waals surface area contributed by atoms with Crippen molar-refractivity contribution in [2.45, 2.75) is 31.0 Å². The van der Waals surface area contributed by atoms with Crippen LogP contribution in [0.3, 0.4) is 0 Å². The minimum atomic E-state index is -0.449. The molecule has 0 saturated carbocycles. The molecule has 0 radical (unpaired) electrons. The lowest BCUT2D eigenvalue weighted by atomic mass is 10.2. The molecule has 3 nitrogen and oxygen atoms in total. The van der Waals surface area contributed by atoms with Crippen molar-refractivity contribution in [2.75, 3.05) is 26.1 Å². The molecule has 1 aromatic rings. The highest BCUT2D eigenvalue weighted by Gasteiger charge is 2.08. The normalized spacial score (nSPS) is 14.4. The molecule has 0 amide bonds. The first-order valence-electron chi connectivity index (χ1n) is 6.10. The number of rotatable bonds is 8. The standard InChI is InChI=1S/C14H22O3S/c1-11-4-6-14(7-5-11)18-10-13(15)9-17-12(2)8-16-3/h4-7,12-13,15H,8-10H2,1-3H3. The Morgan fingerprint density at radius 3 is 2.50 bits per heavy atom. The first-order valence-corrected chi connectivity index (χ1v) is 7.08. The van der Waals surface area contributed by atoms with Crippen molar-refractivity contribution >= 4 is 11.8 Å². The lowest BCUT2D eigenvalue weighted by molar-refractivity contribution is -0.0257. The van der Waals surface area contributed by atoms with Crippen molar-refractivity contribution in [2.24, 2.45) is 0 Å². The van der Waals surface area contributed by atoms with E-state index in [1.807, 2.05) is 6.92 Å². The summed E-state index contributed by atoms with van der Waals surface area (Å²) in [6.07, 6.45) is -0.426. The van der Waals surface area contributed by atoms with Gasteiger partial charge in [0.1, 0.15) is 0 Å². The zero-order chi connectivity index (χ0) is 13.4. The van der Waals surface area contributed by atoms with Crippen LogP contribution in [0.4, 0.5) is 0 Å². The molecule has 1 rings (SSSR count). The SMILES string of the molecule is COCC(C)OCC(O)CSc1ccc(C)cc1. The highest BCUT2D eigenvalue weighted by Crippen LogP contribution is 2.19. The fourth-order valence-corrected chi connectivity index (χ4v) is 2.24. The first kappa shape index (κ1) is 15.5. The molecule has 0 spiro atoms. The van der Waals surface area contributed by atoms with Gasteiger partial charge in [-0.05, 0) is 26.0 Å². The van der Waals surface area contributed by atoms with Gasteiger partial charge in [0.05, 0.1) is 25.4 Å². The molecule has 0 aromatic heterocycles. The number of hydrogen-bond acceptors (Lipinski definition) is 4. The predicted octanol–water partition coefficient (Wildman–Crippen LogP) is 2.50. The monoisotopic (exact) mass is 270 g/mol. The molecule has 2 unspecified atom stereocenters. The summed E-state index contributed by atoms with van der Waals surface area (Å²) in [5.74, 6) is 0.642. The number of benzene rings is 1. The Morgan fingerprint density at radius 2 is 1.89 bits per heavy atom. The average Bonchev–Trinajstić information content (AvgIpc) is 2.36. The summed E-state index contributed by atoms with van der Waals surface area (Å²) < 4.78 is 10.4. The Bertz CT molecular complexity index is 326. The maximum absolute atomic E-state index is 9.80. The van der Waals surface area contributed by atoms with Crippen molar-refractivity contribution < 1.29 is 14.6 Å². The lowest BCUT2D eigenvalue weighted by Gasteiger charge is -2.15. The molecular weight excluding hydrogens is 248 g/mol. The van der Waals surface area contributed by atoms with E-state index in [4.69, 9.17) is 9.47 Å². The molecule has 0 heterocycles. The molecule has 0 aliphatic rings. The topological polar surface area (TPSA) is 38.7 Å². The van der Waals surface area contributed by atoms with Crippen LogP contribution in [-0.2, 0) is 9.47 Å². The number of thioether (sulfide) groups is 1. The van der Waals surface area contributed by atoms with Gasteiger partial charge in [-0.2, -0.15) is 0 Å². The van der Waals surface area contributed by atoms with E-state index in [9.17, 15) is 5.11 Å². The number of hydrogen-bond donors (Lipinski definition) is 1. The Kier molecular flexibility index (Phi) is 7.35. The van der Waals surface area contributed by atoms with E-state index in [0.29, 0.717) is 19.0 Å². The minimum Gasteiger partial charge on any atom is -0.390 e. The van der Waals surface area contributed by atoms with Crippen molar-refractivity contribution in [3.05, 3.63) is 29.8 Å². The Morgan fingerprint density at radius 1 is 1.22 bits per heavy atom. The van der Waals surface area contributed by atoms with Gasteiger partial charge in [0.25, 0.3) is 0 Å². The summed E-state index contributed by atoms with van der Waals surface area (Å²) in [7, 11) is 1.64. The Balaban J connectivity index is 2.20. The second-order valence-corrected chi connectivity index (χ2v) is 5.47. The average molecular weight is 270 g/mol. The smallest absolute Gasteiger partial charge is 0.0867 e. The van der Waals surface area contributed by atoms with Gasteiger partial charge in [-0.1, -0.05) is 17.7 Å². The fraction of sp³-hybridized carbons (Fsp3) is 0.571. The highest BCUT2D eigenvalue weighted by atomic mass is 32.2. The maximum atomic E-state index is 9.80. The fourth-order valence-electron chi connectivity index (χ4n) is 1.43. The zero-order valence-corrected chi connectivity index (χ0v) is 12.1. The largest absolute Gasteiger partial charge is 0.390 e. The van der Waals surface area contributed by atoms with E-state index in [0.717, 1.165) is 0 Å². The third-order valence-corrected chi connectivity index (χ3v) is 3.59. The summed E-state index contributed by atoms with van der Waals surface area (Å²) in [6.45, 7) is 4.90. The molecule has 4 heteroatoms. The molecule has 2 atom stereocenters. The van der Waals surface area contributed by atoms with E-state index < -0.39 is 6.10 Å². The third kappa shape index (κ3) is 6.40. The van der Waals surface area contributed by atoms with Crippen LogP contribution in [0.2, 0.25) is 0 Å². The molecule has 0 fully saturated rings. The Labute approximate surface area is 113 Å². The van der Waals surface area contributed by atoms with Gasteiger partial charge < -0.3 is 14.6 Å². The van der Waals surface area contributed by atoms with Crippen LogP contribution >= 0.6 is 11.8 Å². The minimum absolute atomic E-state index is 0.0222. The van der Waals surface area contributed by atoms with Gasteiger partial charge in [-0.15, -0.1) is 11.8 Å². The van der Waals surface area contributed by atoms with Crippen LogP contribution in [0.1, 0.15) is 12.5 Å². The van der Waals surface area contributed by atoms with Gasteiger partial charge in [-0.3, -0.25) is 0 Å². The second-order valence-electron chi connectivity index (χ2n) is 4.38. The Hall–Kier alpha value is -0.550. The van der Waals surface area contributed by atoms with E-state index >= 15 is 0 Å². The van der Waals surface area contributed by atoms with Crippen LogP contribution in [0.5, 0.6) is 0 Å². The number of aryl methyl sites for hydroxylation is 1. The zero-order valence-electron chi connectivity index (χ0n) is 11.3. The third-order valence-electron chi connectivity index (χ3n) is 2.44. The van der Waals surface area contributed by atoms with E-state index in [-0.39, 0.29) is 6.10 Å². The van der Waals surface area contributed by atoms with Gasteiger partial charge in [0.15, 0.2) is 0 Å². The summed E-state index contributed by atoms with van der Waals surface area (Å²) in [5.41, 5.74) is 1.25. The molecular formula is C14H22O3S. The molecule has 18 heavy (non-hydrogen) atoms. The van der Waals surface area contributed by atoms with Crippen LogP contribution in [0.25, 0.3) is 0 Å². The quantitative estimate of drug-likeness (QED) is 0.737. The molecule has 102 valence electrons. The number of aliphatic hydroxyl groups excluding tert-OH is 1. The van der Waals surface area contributed by atoms with Crippen molar-refractivity contribution in [1.82, 2.24) is 0 Å². The first-order chi connectivity index (χ1) is 8.61. The summed E-state index contributed by atoms with van der Waals surface area (Å²) >= 11 is 1.64. The molecule has 0 aliphatic heterocycles. The van der Waals surface area contributed by atoms with Crippen LogP contribution < -0.4 is 0 Å². The van der Waals surface area contributed by atoms with Crippen LogP contribution in [0.15, 0.2) is 29.2 Å². The van der Waals surface area contributed by atoms with E-state index in [1.165, 1.54) is 10.5 Å². The van der Waals surface area contributed by atoms with E-state index in [1.54, 1.807) is 18.9 Å². The number of ether oxygens (including phenoxy) is 2. The van der Waals surface area contributed by atoms with Gasteiger partial charge >= 0.3 is 0 Å². The van der Waals surface area contributed by atoms with Gasteiger partial charge in [0.2, 0.25) is 0 Å². The van der Waals surface area contributed by atoms with Crippen molar-refractivity contribution in [3.8, 4) is 0 Å². The van der Waals surface area contributed by atoms with Crippen molar-refractivity contribution in [3.63, 3.8) is 0 Å².